The number of hydrogen-bond acceptors (Lipinski definition) is 4. The van der Waals surface area contributed by atoms with Crippen molar-refractivity contribution in [2.45, 2.75) is 38.0 Å². The monoisotopic (exact) mass is 266 g/mol. The summed E-state index contributed by atoms with van der Waals surface area (Å²) in [6.45, 7) is 4.00. The Morgan fingerprint density at radius 2 is 2.28 bits per heavy atom. The molecule has 0 aliphatic heterocycles. The van der Waals surface area contributed by atoms with Crippen LogP contribution in [-0.4, -0.2) is 14.4 Å². The van der Waals surface area contributed by atoms with Crippen LogP contribution in [-0.2, 0) is 11.0 Å². The zero-order chi connectivity index (χ0) is 13.5. The average molecular weight is 266 g/mol. The van der Waals surface area contributed by atoms with Crippen LogP contribution in [0.1, 0.15) is 38.4 Å². The Labute approximate surface area is 110 Å². The maximum atomic E-state index is 11.6. The maximum absolute atomic E-state index is 11.6. The van der Waals surface area contributed by atoms with Crippen molar-refractivity contribution in [1.29, 1.82) is 5.26 Å². The van der Waals surface area contributed by atoms with Gasteiger partial charge in [0.1, 0.15) is 17.0 Å². The summed E-state index contributed by atoms with van der Waals surface area (Å²) in [6.07, 6.45) is 3.57. The topological polar surface area (TPSA) is 91.8 Å². The van der Waals surface area contributed by atoms with Gasteiger partial charge in [-0.1, -0.05) is 13.8 Å². The van der Waals surface area contributed by atoms with Crippen LogP contribution in [0.5, 0.6) is 0 Å². The zero-order valence-corrected chi connectivity index (χ0v) is 11.4. The molecule has 1 aromatic rings. The molecule has 2 atom stereocenters. The highest BCUT2D eigenvalue weighted by atomic mass is 32.2. The van der Waals surface area contributed by atoms with Crippen LogP contribution < -0.4 is 10.5 Å². The highest BCUT2D eigenvalue weighted by molar-refractivity contribution is 7.87. The van der Waals surface area contributed by atoms with Gasteiger partial charge in [0.25, 0.3) is 0 Å². The molecule has 1 saturated carbocycles. The van der Waals surface area contributed by atoms with Gasteiger partial charge in [-0.3, -0.25) is 4.98 Å². The molecule has 18 heavy (non-hydrogen) atoms. The Kier molecular flexibility index (Phi) is 5.75. The van der Waals surface area contributed by atoms with E-state index in [2.05, 4.69) is 9.71 Å². The smallest absolute Gasteiger partial charge is 0.136 e. The first kappa shape index (κ1) is 14.6. The molecule has 0 amide bonds. The van der Waals surface area contributed by atoms with Crippen LogP contribution in [0.3, 0.4) is 0 Å². The van der Waals surface area contributed by atoms with E-state index in [0.717, 1.165) is 12.8 Å². The van der Waals surface area contributed by atoms with Gasteiger partial charge in [0.05, 0.1) is 17.0 Å². The van der Waals surface area contributed by atoms with Crippen molar-refractivity contribution in [3.05, 3.63) is 24.0 Å². The number of nitrogens with zero attached hydrogens (tertiary/aromatic N) is 2. The minimum absolute atomic E-state index is 0.265. The lowest BCUT2D eigenvalue weighted by molar-refractivity contribution is 0.685. The molecule has 0 spiro atoms. The SMILES string of the molecule is CC.N#CC(N)c1cc(NS(=O)C2CC2)ccn1. The predicted molar refractivity (Wildman–Crippen MR) is 72.9 cm³/mol. The van der Waals surface area contributed by atoms with Crippen molar-refractivity contribution < 1.29 is 4.21 Å². The molecular weight excluding hydrogens is 248 g/mol. The Hall–Kier alpha value is -1.45. The van der Waals surface area contributed by atoms with Crippen molar-refractivity contribution in [3.8, 4) is 6.07 Å². The minimum Gasteiger partial charge on any atom is -0.311 e. The fraction of sp³-hybridized carbons (Fsp3) is 0.500. The third-order valence-electron chi connectivity index (χ3n) is 2.28. The summed E-state index contributed by atoms with van der Waals surface area (Å²) in [7, 11) is -1.04. The predicted octanol–water partition coefficient (Wildman–Crippen LogP) is 1.87. The molecule has 5 nitrogen and oxygen atoms in total. The van der Waals surface area contributed by atoms with Crippen molar-refractivity contribution >= 4 is 16.7 Å². The largest absolute Gasteiger partial charge is 0.311 e. The summed E-state index contributed by atoms with van der Waals surface area (Å²) in [5.74, 6) is 0. The van der Waals surface area contributed by atoms with Crippen molar-refractivity contribution in [3.63, 3.8) is 0 Å². The van der Waals surface area contributed by atoms with Crippen molar-refractivity contribution in [2.24, 2.45) is 5.73 Å². The van der Waals surface area contributed by atoms with Crippen LogP contribution in [0.25, 0.3) is 0 Å². The summed E-state index contributed by atoms with van der Waals surface area (Å²) in [5.41, 5.74) is 6.72. The fourth-order valence-electron chi connectivity index (χ4n) is 1.23. The Balaban J connectivity index is 0.000000771. The number of aromatic nitrogens is 1. The standard InChI is InChI=1S/C10H12N4OS.C2H6/c11-6-9(12)10-5-7(3-4-13-10)14-16(15)8-1-2-8;1-2/h3-5,8-9H,1-2,12H2,(H,13,14);1-2H3. The van der Waals surface area contributed by atoms with E-state index in [-0.39, 0.29) is 5.25 Å². The summed E-state index contributed by atoms with van der Waals surface area (Å²) < 4.78 is 14.5. The van der Waals surface area contributed by atoms with Crippen molar-refractivity contribution in [1.82, 2.24) is 4.98 Å². The van der Waals surface area contributed by atoms with Gasteiger partial charge in [-0.15, -0.1) is 0 Å². The number of pyridine rings is 1. The molecular formula is C12H18N4OS. The molecule has 2 rings (SSSR count). The first-order valence-corrected chi connectivity index (χ1v) is 7.20. The van der Waals surface area contributed by atoms with Crippen LogP contribution in [0.4, 0.5) is 5.69 Å². The normalized spacial score (nSPS) is 16.8. The number of anilines is 1. The summed E-state index contributed by atoms with van der Waals surface area (Å²) in [5, 5.41) is 8.93. The molecule has 0 radical (unpaired) electrons. The molecule has 2 unspecified atom stereocenters. The molecule has 1 heterocycles. The van der Waals surface area contributed by atoms with Gasteiger partial charge in [0.15, 0.2) is 0 Å². The Morgan fingerprint density at radius 3 is 2.83 bits per heavy atom. The van der Waals surface area contributed by atoms with E-state index in [0.29, 0.717) is 11.4 Å². The van der Waals surface area contributed by atoms with E-state index in [4.69, 9.17) is 11.0 Å². The van der Waals surface area contributed by atoms with Crippen LogP contribution >= 0.6 is 0 Å². The fourth-order valence-corrected chi connectivity index (χ4v) is 2.32. The quantitative estimate of drug-likeness (QED) is 0.870. The zero-order valence-electron chi connectivity index (χ0n) is 10.6. The van der Waals surface area contributed by atoms with Gasteiger partial charge in [-0.25, -0.2) is 4.21 Å². The molecule has 6 heteroatoms. The second-order valence-corrected chi connectivity index (χ2v) is 5.14. The van der Waals surface area contributed by atoms with Gasteiger partial charge in [-0.2, -0.15) is 5.26 Å². The van der Waals surface area contributed by atoms with E-state index < -0.39 is 17.0 Å². The number of nitrogens with two attached hydrogens (primary N) is 1. The lowest BCUT2D eigenvalue weighted by atomic mass is 10.2. The molecule has 0 bridgehead atoms. The van der Waals surface area contributed by atoms with Crippen LogP contribution in [0.2, 0.25) is 0 Å². The molecule has 1 aliphatic rings. The number of nitrogens with one attached hydrogen (secondary N) is 1. The molecule has 0 saturated heterocycles. The lowest BCUT2D eigenvalue weighted by Gasteiger charge is -2.07. The summed E-state index contributed by atoms with van der Waals surface area (Å²) in [6, 6.07) is 4.55. The molecule has 1 aromatic heterocycles. The minimum atomic E-state index is -1.04. The van der Waals surface area contributed by atoms with Gasteiger partial charge in [-0.05, 0) is 25.0 Å². The highest BCUT2D eigenvalue weighted by Gasteiger charge is 2.28. The van der Waals surface area contributed by atoms with E-state index >= 15 is 0 Å². The van der Waals surface area contributed by atoms with E-state index in [1.807, 2.05) is 19.9 Å². The number of rotatable bonds is 4. The van der Waals surface area contributed by atoms with E-state index in [1.54, 1.807) is 18.3 Å². The van der Waals surface area contributed by atoms with E-state index in [1.165, 1.54) is 0 Å². The van der Waals surface area contributed by atoms with E-state index in [9.17, 15) is 4.21 Å². The van der Waals surface area contributed by atoms with Gasteiger partial charge in [0.2, 0.25) is 0 Å². The summed E-state index contributed by atoms with van der Waals surface area (Å²) >= 11 is 0. The highest BCUT2D eigenvalue weighted by Crippen LogP contribution is 2.27. The third-order valence-corrected chi connectivity index (χ3v) is 3.80. The van der Waals surface area contributed by atoms with Gasteiger partial charge in [0, 0.05) is 11.9 Å². The lowest BCUT2D eigenvalue weighted by Crippen LogP contribution is -2.12. The Bertz CT molecular complexity index is 454. The maximum Gasteiger partial charge on any atom is 0.136 e. The third kappa shape index (κ3) is 4.09. The number of hydrogen-bond donors (Lipinski definition) is 2. The Morgan fingerprint density at radius 1 is 1.61 bits per heavy atom. The second kappa shape index (κ2) is 7.09. The van der Waals surface area contributed by atoms with Crippen LogP contribution in [0.15, 0.2) is 18.3 Å². The second-order valence-electron chi connectivity index (χ2n) is 3.67. The summed E-state index contributed by atoms with van der Waals surface area (Å²) in [4.78, 5) is 3.99. The van der Waals surface area contributed by atoms with Gasteiger partial charge >= 0.3 is 0 Å². The first-order valence-electron chi connectivity index (χ1n) is 5.99. The average Bonchev–Trinajstić information content (AvgIpc) is 3.25. The number of nitriles is 1. The van der Waals surface area contributed by atoms with Gasteiger partial charge < -0.3 is 10.5 Å². The molecule has 1 fully saturated rings. The van der Waals surface area contributed by atoms with Crippen molar-refractivity contribution in [2.75, 3.05) is 4.72 Å². The molecule has 98 valence electrons. The first-order chi connectivity index (χ1) is 8.70. The molecule has 0 aromatic carbocycles. The molecule has 1 aliphatic carbocycles. The molecule has 3 N–H and O–H groups in total. The van der Waals surface area contributed by atoms with Crippen LogP contribution in [0, 0.1) is 11.3 Å².